The Labute approximate surface area is 181 Å². The molecule has 0 bridgehead atoms. The molecular formula is C22H27Cl2FN4. The summed E-state index contributed by atoms with van der Waals surface area (Å²) in [5.74, 6) is -0.415. The van der Waals surface area contributed by atoms with Gasteiger partial charge in [-0.3, -0.25) is 0 Å². The third-order valence-corrected chi connectivity index (χ3v) is 5.58. The van der Waals surface area contributed by atoms with Gasteiger partial charge in [0, 0.05) is 24.1 Å². The Kier molecular flexibility index (Phi) is 7.64. The van der Waals surface area contributed by atoms with Gasteiger partial charge in [0.15, 0.2) is 0 Å². The first-order valence-corrected chi connectivity index (χ1v) is 10.7. The number of nitrogens with two attached hydrogens (primary N) is 1. The fraction of sp³-hybridized carbons (Fsp3) is 0.364. The number of anilines is 2. The summed E-state index contributed by atoms with van der Waals surface area (Å²) in [5, 5.41) is 10.7. The molecule has 1 atom stereocenters. The van der Waals surface area contributed by atoms with E-state index < -0.39 is 5.82 Å². The minimum absolute atomic E-state index is 0.101. The summed E-state index contributed by atoms with van der Waals surface area (Å²) in [5.41, 5.74) is 9.38. The van der Waals surface area contributed by atoms with Crippen molar-refractivity contribution in [2.75, 3.05) is 23.7 Å². The van der Waals surface area contributed by atoms with Gasteiger partial charge in [-0.05, 0) is 31.0 Å². The number of hydrogen-bond acceptors (Lipinski definition) is 4. The van der Waals surface area contributed by atoms with E-state index in [2.05, 4.69) is 35.0 Å². The SMILES string of the molecule is CCCCN/C(Cl)=C(\CCN)c1c(F)cc(Cl)c2c1NC(Cc1ccccc1)N2. The molecule has 3 rings (SSSR count). The number of halogens is 3. The van der Waals surface area contributed by atoms with Gasteiger partial charge in [0.2, 0.25) is 0 Å². The van der Waals surface area contributed by atoms with E-state index in [4.69, 9.17) is 28.9 Å². The van der Waals surface area contributed by atoms with E-state index in [1.807, 2.05) is 18.2 Å². The summed E-state index contributed by atoms with van der Waals surface area (Å²) >= 11 is 12.9. The van der Waals surface area contributed by atoms with Crippen LogP contribution >= 0.6 is 23.2 Å². The van der Waals surface area contributed by atoms with Crippen molar-refractivity contribution in [3.63, 3.8) is 0 Å². The third kappa shape index (κ3) is 5.16. The van der Waals surface area contributed by atoms with Crippen molar-refractivity contribution >= 4 is 40.1 Å². The van der Waals surface area contributed by atoms with Gasteiger partial charge in [-0.25, -0.2) is 4.39 Å². The van der Waals surface area contributed by atoms with Gasteiger partial charge in [0.1, 0.15) is 17.1 Å². The maximum absolute atomic E-state index is 15.1. The van der Waals surface area contributed by atoms with Gasteiger partial charge < -0.3 is 21.7 Å². The number of benzene rings is 2. The van der Waals surface area contributed by atoms with Crippen LogP contribution in [-0.4, -0.2) is 19.3 Å². The normalized spacial score (nSPS) is 16.0. The van der Waals surface area contributed by atoms with E-state index in [0.29, 0.717) is 45.7 Å². The Morgan fingerprint density at radius 3 is 2.62 bits per heavy atom. The van der Waals surface area contributed by atoms with E-state index in [1.165, 1.54) is 11.6 Å². The molecule has 0 radical (unpaired) electrons. The highest BCUT2D eigenvalue weighted by Crippen LogP contribution is 2.44. The minimum atomic E-state index is -0.415. The maximum Gasteiger partial charge on any atom is 0.134 e. The quantitative estimate of drug-likeness (QED) is 0.308. The first-order valence-electron chi connectivity index (χ1n) is 9.97. The lowest BCUT2D eigenvalue weighted by Crippen LogP contribution is -2.25. The molecule has 7 heteroatoms. The molecule has 156 valence electrons. The van der Waals surface area contributed by atoms with Crippen molar-refractivity contribution in [1.29, 1.82) is 0 Å². The molecule has 5 N–H and O–H groups in total. The van der Waals surface area contributed by atoms with Crippen LogP contribution in [0.15, 0.2) is 41.6 Å². The van der Waals surface area contributed by atoms with Crippen LogP contribution in [0.25, 0.3) is 5.57 Å². The van der Waals surface area contributed by atoms with Gasteiger partial charge in [0.25, 0.3) is 0 Å². The van der Waals surface area contributed by atoms with Crippen LogP contribution < -0.4 is 21.7 Å². The Morgan fingerprint density at radius 2 is 1.93 bits per heavy atom. The highest BCUT2D eigenvalue weighted by Gasteiger charge is 2.29. The molecule has 1 aliphatic heterocycles. The molecule has 0 fully saturated rings. The van der Waals surface area contributed by atoms with E-state index in [0.717, 1.165) is 25.8 Å². The van der Waals surface area contributed by atoms with Crippen LogP contribution in [0.5, 0.6) is 0 Å². The lowest BCUT2D eigenvalue weighted by Gasteiger charge is -2.17. The molecule has 0 amide bonds. The summed E-state index contributed by atoms with van der Waals surface area (Å²) in [7, 11) is 0. The average Bonchev–Trinajstić information content (AvgIpc) is 3.12. The predicted octanol–water partition coefficient (Wildman–Crippen LogP) is 5.53. The number of hydrogen-bond donors (Lipinski definition) is 4. The van der Waals surface area contributed by atoms with Crippen LogP contribution in [0.4, 0.5) is 15.8 Å². The highest BCUT2D eigenvalue weighted by atomic mass is 35.5. The molecule has 0 saturated carbocycles. The topological polar surface area (TPSA) is 62.1 Å². The second kappa shape index (κ2) is 10.2. The summed E-state index contributed by atoms with van der Waals surface area (Å²) < 4.78 is 15.1. The number of nitrogens with one attached hydrogen (secondary N) is 3. The largest absolute Gasteiger partial charge is 0.376 e. The molecule has 4 nitrogen and oxygen atoms in total. The molecule has 1 unspecified atom stereocenters. The Balaban J connectivity index is 1.94. The Morgan fingerprint density at radius 1 is 1.21 bits per heavy atom. The Hall–Kier alpha value is -1.95. The van der Waals surface area contributed by atoms with Crippen LogP contribution in [0.1, 0.15) is 37.3 Å². The zero-order valence-electron chi connectivity index (χ0n) is 16.5. The third-order valence-electron chi connectivity index (χ3n) is 4.92. The average molecular weight is 437 g/mol. The number of fused-ring (bicyclic) bond motifs is 1. The van der Waals surface area contributed by atoms with Crippen LogP contribution in [0.2, 0.25) is 5.02 Å². The monoisotopic (exact) mass is 436 g/mol. The summed E-state index contributed by atoms with van der Waals surface area (Å²) in [4.78, 5) is 0. The zero-order chi connectivity index (χ0) is 20.8. The second-order valence-corrected chi connectivity index (χ2v) is 7.89. The van der Waals surface area contributed by atoms with Crippen molar-refractivity contribution in [2.45, 2.75) is 38.8 Å². The molecule has 0 aliphatic carbocycles. The molecule has 2 aromatic rings. The molecule has 0 aromatic heterocycles. The highest BCUT2D eigenvalue weighted by molar-refractivity contribution is 6.35. The van der Waals surface area contributed by atoms with Crippen molar-refractivity contribution in [3.05, 3.63) is 63.5 Å². The fourth-order valence-electron chi connectivity index (χ4n) is 3.51. The van der Waals surface area contributed by atoms with Gasteiger partial charge in [0.05, 0.1) is 16.4 Å². The summed E-state index contributed by atoms with van der Waals surface area (Å²) in [6.07, 6.45) is 3.10. The van der Waals surface area contributed by atoms with Crippen molar-refractivity contribution in [2.24, 2.45) is 5.73 Å². The van der Waals surface area contributed by atoms with Gasteiger partial charge in [-0.15, -0.1) is 0 Å². The zero-order valence-corrected chi connectivity index (χ0v) is 18.0. The summed E-state index contributed by atoms with van der Waals surface area (Å²) in [6, 6.07) is 11.4. The molecular weight excluding hydrogens is 410 g/mol. The molecule has 0 spiro atoms. The number of unbranched alkanes of at least 4 members (excludes halogenated alkanes) is 1. The van der Waals surface area contributed by atoms with Crippen LogP contribution in [0.3, 0.4) is 0 Å². The predicted molar refractivity (Wildman–Crippen MR) is 122 cm³/mol. The van der Waals surface area contributed by atoms with Crippen molar-refractivity contribution < 1.29 is 4.39 Å². The smallest absolute Gasteiger partial charge is 0.134 e. The Bertz CT molecular complexity index is 871. The first-order chi connectivity index (χ1) is 14.0. The standard InChI is InChI=1S/C22H27Cl2FN4/c1-2-3-11-27-22(24)15(9-10-26)19-17(25)13-16(23)20-21(19)29-18(28-20)12-14-7-5-4-6-8-14/h4-8,13,18,27-29H,2-3,9-12,26H2,1H3/b22-15+. The first kappa shape index (κ1) is 21.8. The molecule has 29 heavy (non-hydrogen) atoms. The maximum atomic E-state index is 15.1. The van der Waals surface area contributed by atoms with E-state index >= 15 is 4.39 Å². The lowest BCUT2D eigenvalue weighted by atomic mass is 9.99. The summed E-state index contributed by atoms with van der Waals surface area (Å²) in [6.45, 7) is 3.19. The molecule has 1 aliphatic rings. The van der Waals surface area contributed by atoms with E-state index in [1.54, 1.807) is 0 Å². The number of rotatable bonds is 9. The van der Waals surface area contributed by atoms with Gasteiger partial charge >= 0.3 is 0 Å². The molecule has 0 saturated heterocycles. The van der Waals surface area contributed by atoms with Crippen molar-refractivity contribution in [3.8, 4) is 0 Å². The van der Waals surface area contributed by atoms with E-state index in [-0.39, 0.29) is 6.17 Å². The van der Waals surface area contributed by atoms with Crippen LogP contribution in [-0.2, 0) is 6.42 Å². The van der Waals surface area contributed by atoms with Gasteiger partial charge in [-0.2, -0.15) is 0 Å². The second-order valence-electron chi connectivity index (χ2n) is 7.11. The minimum Gasteiger partial charge on any atom is -0.376 e. The molecule has 2 aromatic carbocycles. The van der Waals surface area contributed by atoms with Gasteiger partial charge in [-0.1, -0.05) is 66.9 Å². The lowest BCUT2D eigenvalue weighted by molar-refractivity contribution is 0.623. The fourth-order valence-corrected chi connectivity index (χ4v) is 4.04. The molecule has 1 heterocycles. The van der Waals surface area contributed by atoms with Crippen LogP contribution in [0, 0.1) is 5.82 Å². The van der Waals surface area contributed by atoms with Crippen molar-refractivity contribution in [1.82, 2.24) is 5.32 Å². The van der Waals surface area contributed by atoms with E-state index in [9.17, 15) is 0 Å².